The minimum absolute atomic E-state index is 0.135. The van der Waals surface area contributed by atoms with E-state index in [0.29, 0.717) is 0 Å². The van der Waals surface area contributed by atoms with Crippen molar-refractivity contribution in [3.05, 3.63) is 0 Å². The van der Waals surface area contributed by atoms with Crippen molar-refractivity contribution in [3.63, 3.8) is 0 Å². The lowest BCUT2D eigenvalue weighted by Gasteiger charge is -2.14. The summed E-state index contributed by atoms with van der Waals surface area (Å²) < 4.78 is 9.88. The third-order valence-electron chi connectivity index (χ3n) is 1.38. The fraction of sp³-hybridized carbons (Fsp3) is 0.714. The molecule has 0 amide bonds. The third kappa shape index (κ3) is 2.19. The first kappa shape index (κ1) is 9.48. The quantitative estimate of drug-likeness (QED) is 0.480. The highest BCUT2D eigenvalue weighted by molar-refractivity contribution is 6.63. The second-order valence-corrected chi connectivity index (χ2v) is 3.41. The number of carbonyl (C=O) groups excluding carboxylic acids is 2. The Morgan fingerprint density at radius 3 is 2.58 bits per heavy atom. The minimum Gasteiger partial charge on any atom is -0.432 e. The summed E-state index contributed by atoms with van der Waals surface area (Å²) in [6.07, 6.45) is -0.978. The van der Waals surface area contributed by atoms with E-state index in [2.05, 4.69) is 0 Å². The zero-order valence-electron chi connectivity index (χ0n) is 6.80. The number of carbonyl (C=O) groups is 2. The van der Waals surface area contributed by atoms with Crippen molar-refractivity contribution in [2.75, 3.05) is 0 Å². The Hall–Kier alpha value is -0.610. The molecule has 0 N–H and O–H groups in total. The molecule has 12 heavy (non-hydrogen) atoms. The molecule has 1 aliphatic rings. The summed E-state index contributed by atoms with van der Waals surface area (Å²) in [5.74, 6) is -1.47. The second-order valence-electron chi connectivity index (χ2n) is 2.99. The first-order valence-corrected chi connectivity index (χ1v) is 3.87. The van der Waals surface area contributed by atoms with Crippen molar-refractivity contribution < 1.29 is 19.1 Å². The first-order valence-electron chi connectivity index (χ1n) is 3.50. The highest BCUT2D eigenvalue weighted by Gasteiger charge is 2.41. The summed E-state index contributed by atoms with van der Waals surface area (Å²) in [6.45, 7) is 3.20. The number of cyclic esters (lactones) is 1. The van der Waals surface area contributed by atoms with Crippen LogP contribution in [0.4, 0.5) is 0 Å². The first-order chi connectivity index (χ1) is 5.41. The molecule has 1 rings (SSSR count). The van der Waals surface area contributed by atoms with E-state index in [9.17, 15) is 9.59 Å². The number of esters is 1. The number of rotatable bonds is 2. The molecule has 1 atom stereocenters. The Balaban J connectivity index is 2.58. The van der Waals surface area contributed by atoms with E-state index >= 15 is 0 Å². The molecule has 0 saturated carbocycles. The average molecular weight is 193 g/mol. The predicted octanol–water partition coefficient (Wildman–Crippen LogP) is 0.820. The van der Waals surface area contributed by atoms with E-state index in [1.54, 1.807) is 13.8 Å². The highest BCUT2D eigenvalue weighted by Crippen LogP contribution is 2.25. The lowest BCUT2D eigenvalue weighted by atomic mass is 10.3. The zero-order chi connectivity index (χ0) is 9.35. The molecule has 0 aromatic heterocycles. The summed E-state index contributed by atoms with van der Waals surface area (Å²) >= 11 is 5.09. The Kier molecular flexibility index (Phi) is 2.39. The van der Waals surface area contributed by atoms with E-state index in [1.165, 1.54) is 0 Å². The maximum Gasteiger partial charge on any atom is 0.338 e. The molecule has 1 saturated heterocycles. The highest BCUT2D eigenvalue weighted by atomic mass is 35.5. The van der Waals surface area contributed by atoms with Gasteiger partial charge in [-0.25, -0.2) is 4.79 Å². The number of hydrogen-bond donors (Lipinski definition) is 0. The van der Waals surface area contributed by atoms with E-state index in [4.69, 9.17) is 21.1 Å². The van der Waals surface area contributed by atoms with Crippen LogP contribution in [0.3, 0.4) is 0 Å². The summed E-state index contributed by atoms with van der Waals surface area (Å²) in [5, 5.41) is -0.602. The number of ether oxygens (including phenoxy) is 2. The molecule has 0 aromatic carbocycles. The molecule has 68 valence electrons. The Bertz CT molecular complexity index is 223. The van der Waals surface area contributed by atoms with Crippen LogP contribution in [-0.2, 0) is 19.1 Å². The molecule has 0 radical (unpaired) electrons. The van der Waals surface area contributed by atoms with Crippen LogP contribution >= 0.6 is 11.6 Å². The average Bonchev–Trinajstić information content (AvgIpc) is 2.03. The molecular weight excluding hydrogens is 184 g/mol. The normalized spacial score (nSPS) is 26.9. The van der Waals surface area contributed by atoms with Crippen LogP contribution < -0.4 is 0 Å². The molecule has 0 bridgehead atoms. The van der Waals surface area contributed by atoms with E-state index in [1.807, 2.05) is 0 Å². The van der Waals surface area contributed by atoms with Crippen molar-refractivity contribution in [2.45, 2.75) is 32.2 Å². The van der Waals surface area contributed by atoms with Crippen LogP contribution in [0.2, 0.25) is 0 Å². The van der Waals surface area contributed by atoms with Crippen molar-refractivity contribution in [1.29, 1.82) is 0 Å². The Labute approximate surface area is 74.8 Å². The van der Waals surface area contributed by atoms with Crippen molar-refractivity contribution in [3.8, 4) is 0 Å². The van der Waals surface area contributed by atoms with Crippen molar-refractivity contribution in [1.82, 2.24) is 0 Å². The maximum atomic E-state index is 11.0. The lowest BCUT2D eigenvalue weighted by molar-refractivity contribution is -0.160. The fourth-order valence-corrected chi connectivity index (χ4v) is 1.13. The summed E-state index contributed by atoms with van der Waals surface area (Å²) in [4.78, 5) is 21.4. The van der Waals surface area contributed by atoms with Crippen LogP contribution in [0.5, 0.6) is 0 Å². The molecular formula is C7H9ClO4. The van der Waals surface area contributed by atoms with Gasteiger partial charge in [0.05, 0.1) is 6.42 Å². The number of halogens is 1. The van der Waals surface area contributed by atoms with Crippen molar-refractivity contribution >= 4 is 22.8 Å². The van der Waals surface area contributed by atoms with Gasteiger partial charge < -0.3 is 9.47 Å². The van der Waals surface area contributed by atoms with E-state index in [0.717, 1.165) is 0 Å². The lowest BCUT2D eigenvalue weighted by Crippen LogP contribution is -2.22. The predicted molar refractivity (Wildman–Crippen MR) is 40.5 cm³/mol. The van der Waals surface area contributed by atoms with E-state index < -0.39 is 23.1 Å². The maximum absolute atomic E-state index is 11.0. The van der Waals surface area contributed by atoms with Gasteiger partial charge in [0, 0.05) is 13.8 Å². The van der Waals surface area contributed by atoms with Gasteiger partial charge in [-0.2, -0.15) is 0 Å². The molecule has 4 nitrogen and oxygen atoms in total. The van der Waals surface area contributed by atoms with Crippen LogP contribution in [0, 0.1) is 0 Å². The van der Waals surface area contributed by atoms with Crippen LogP contribution in [0.1, 0.15) is 20.3 Å². The van der Waals surface area contributed by atoms with Crippen LogP contribution in [0.25, 0.3) is 0 Å². The van der Waals surface area contributed by atoms with E-state index in [-0.39, 0.29) is 6.42 Å². The Morgan fingerprint density at radius 1 is 1.67 bits per heavy atom. The van der Waals surface area contributed by atoms with Crippen molar-refractivity contribution in [2.24, 2.45) is 0 Å². The molecule has 5 heteroatoms. The van der Waals surface area contributed by atoms with Gasteiger partial charge in [-0.3, -0.25) is 4.79 Å². The van der Waals surface area contributed by atoms with Gasteiger partial charge in [-0.1, -0.05) is 0 Å². The minimum atomic E-state index is -0.936. The largest absolute Gasteiger partial charge is 0.432 e. The molecule has 1 unspecified atom stereocenters. The molecule has 1 fully saturated rings. The molecule has 0 aromatic rings. The monoisotopic (exact) mass is 192 g/mol. The van der Waals surface area contributed by atoms with Crippen LogP contribution in [-0.4, -0.2) is 23.1 Å². The molecule has 1 heterocycles. The van der Waals surface area contributed by atoms with Gasteiger partial charge in [-0.15, -0.1) is 0 Å². The van der Waals surface area contributed by atoms with Gasteiger partial charge in [0.25, 0.3) is 0 Å². The second kappa shape index (κ2) is 3.03. The third-order valence-corrected chi connectivity index (χ3v) is 1.54. The summed E-state index contributed by atoms with van der Waals surface area (Å²) in [6, 6.07) is 0. The Morgan fingerprint density at radius 2 is 2.25 bits per heavy atom. The van der Waals surface area contributed by atoms with Gasteiger partial charge in [0.1, 0.15) is 0 Å². The molecule has 0 aliphatic carbocycles. The smallest absolute Gasteiger partial charge is 0.338 e. The standard InChI is InChI=1S/C7H9ClO4/c1-7(2)11-4(3-5(8)9)6(10)12-7/h4H,3H2,1-2H3. The number of hydrogen-bond acceptors (Lipinski definition) is 4. The SMILES string of the molecule is CC1(C)OC(=O)C(CC(=O)Cl)O1. The topological polar surface area (TPSA) is 52.6 Å². The molecule has 1 aliphatic heterocycles. The zero-order valence-corrected chi connectivity index (χ0v) is 7.55. The van der Waals surface area contributed by atoms with Gasteiger partial charge in [0.15, 0.2) is 6.10 Å². The van der Waals surface area contributed by atoms with Gasteiger partial charge in [0.2, 0.25) is 11.0 Å². The van der Waals surface area contributed by atoms with Crippen LogP contribution in [0.15, 0.2) is 0 Å². The summed E-state index contributed by atoms with van der Waals surface area (Å²) in [7, 11) is 0. The van der Waals surface area contributed by atoms with Gasteiger partial charge in [-0.05, 0) is 11.6 Å². The van der Waals surface area contributed by atoms with Gasteiger partial charge >= 0.3 is 5.97 Å². The fourth-order valence-electron chi connectivity index (χ4n) is 0.993. The molecule has 0 spiro atoms. The summed E-state index contributed by atoms with van der Waals surface area (Å²) in [5.41, 5.74) is 0.